The number of hydrogen-bond acceptors (Lipinski definition) is 2. The number of ether oxygens (including phenoxy) is 1. The number of nitrogens with two attached hydrogens (primary N) is 1. The molecule has 0 saturated heterocycles. The normalized spacial score (nSPS) is 12.4. The van der Waals surface area contributed by atoms with Gasteiger partial charge in [-0.3, -0.25) is 0 Å². The lowest BCUT2D eigenvalue weighted by atomic mass is 9.93. The summed E-state index contributed by atoms with van der Waals surface area (Å²) in [6, 6.07) is 11.7. The molecule has 2 aromatic carbocycles. The van der Waals surface area contributed by atoms with Crippen LogP contribution in [0.5, 0.6) is 5.75 Å². The lowest BCUT2D eigenvalue weighted by molar-refractivity contribution is 0.284. The van der Waals surface area contributed by atoms with E-state index < -0.39 is 11.6 Å². The molecule has 23 heavy (non-hydrogen) atoms. The van der Waals surface area contributed by atoms with E-state index in [-0.39, 0.29) is 11.7 Å². The van der Waals surface area contributed by atoms with E-state index in [0.717, 1.165) is 11.6 Å². The molecule has 0 bridgehead atoms. The van der Waals surface area contributed by atoms with Gasteiger partial charge in [0.15, 0.2) is 11.6 Å². The van der Waals surface area contributed by atoms with Gasteiger partial charge in [0.05, 0.1) is 6.61 Å². The Kier molecular flexibility index (Phi) is 6.11. The first kappa shape index (κ1) is 17.4. The molecule has 0 aliphatic heterocycles. The Morgan fingerprint density at radius 2 is 1.65 bits per heavy atom. The van der Waals surface area contributed by atoms with Crippen molar-refractivity contribution in [3.63, 3.8) is 0 Å². The zero-order valence-electron chi connectivity index (χ0n) is 13.6. The smallest absolute Gasteiger partial charge is 0.167 e. The molecule has 0 amide bonds. The summed E-state index contributed by atoms with van der Waals surface area (Å²) in [5, 5.41) is 0. The highest BCUT2D eigenvalue weighted by atomic mass is 19.1. The van der Waals surface area contributed by atoms with Crippen molar-refractivity contribution in [2.45, 2.75) is 32.1 Å². The summed E-state index contributed by atoms with van der Waals surface area (Å²) in [6.45, 7) is 5.13. The summed E-state index contributed by atoms with van der Waals surface area (Å²) >= 11 is 0. The van der Waals surface area contributed by atoms with Gasteiger partial charge in [-0.1, -0.05) is 38.1 Å². The summed E-state index contributed by atoms with van der Waals surface area (Å²) in [5.41, 5.74) is 8.29. The average molecular weight is 319 g/mol. The number of benzene rings is 2. The van der Waals surface area contributed by atoms with Crippen LogP contribution in [0.15, 0.2) is 42.5 Å². The van der Waals surface area contributed by atoms with Crippen LogP contribution in [0, 0.1) is 11.6 Å². The maximum absolute atomic E-state index is 13.5. The standard InChI is InChI=1S/C19H23F2NO/c1-13(2)14-3-5-15(6-4-14)16(12-22)9-10-23-19-8-7-17(20)11-18(19)21/h3-8,11,13,16H,9-10,12,22H2,1-2H3. The molecule has 0 aliphatic carbocycles. The second kappa shape index (κ2) is 8.06. The van der Waals surface area contributed by atoms with Gasteiger partial charge >= 0.3 is 0 Å². The summed E-state index contributed by atoms with van der Waals surface area (Å²) in [7, 11) is 0. The molecule has 2 N–H and O–H groups in total. The minimum absolute atomic E-state index is 0.0670. The van der Waals surface area contributed by atoms with Crippen LogP contribution < -0.4 is 10.5 Å². The molecule has 0 fully saturated rings. The molecule has 4 heteroatoms. The van der Waals surface area contributed by atoms with E-state index in [1.54, 1.807) is 0 Å². The first-order chi connectivity index (χ1) is 11.0. The predicted octanol–water partition coefficient (Wildman–Crippen LogP) is 4.60. The van der Waals surface area contributed by atoms with E-state index in [0.29, 0.717) is 25.5 Å². The Hall–Kier alpha value is -1.94. The van der Waals surface area contributed by atoms with Crippen molar-refractivity contribution >= 4 is 0 Å². The summed E-state index contributed by atoms with van der Waals surface area (Å²) in [6.07, 6.45) is 0.675. The molecule has 1 unspecified atom stereocenters. The minimum Gasteiger partial charge on any atom is -0.490 e. The van der Waals surface area contributed by atoms with Gasteiger partial charge in [0.2, 0.25) is 0 Å². The van der Waals surface area contributed by atoms with Crippen molar-refractivity contribution in [3.05, 3.63) is 65.2 Å². The molecular weight excluding hydrogens is 296 g/mol. The van der Waals surface area contributed by atoms with Crippen molar-refractivity contribution in [2.24, 2.45) is 5.73 Å². The Morgan fingerprint density at radius 3 is 2.22 bits per heavy atom. The van der Waals surface area contributed by atoms with Crippen molar-refractivity contribution in [1.82, 2.24) is 0 Å². The highest BCUT2D eigenvalue weighted by Crippen LogP contribution is 2.23. The molecule has 0 heterocycles. The second-order valence-electron chi connectivity index (χ2n) is 5.97. The SMILES string of the molecule is CC(C)c1ccc(C(CN)CCOc2ccc(F)cc2F)cc1. The topological polar surface area (TPSA) is 35.2 Å². The summed E-state index contributed by atoms with van der Waals surface area (Å²) in [4.78, 5) is 0. The van der Waals surface area contributed by atoms with Crippen molar-refractivity contribution in [2.75, 3.05) is 13.2 Å². The molecule has 2 nitrogen and oxygen atoms in total. The van der Waals surface area contributed by atoms with Crippen LogP contribution in [0.25, 0.3) is 0 Å². The van der Waals surface area contributed by atoms with E-state index in [4.69, 9.17) is 10.5 Å². The van der Waals surface area contributed by atoms with Crippen LogP contribution in [0.1, 0.15) is 43.2 Å². The molecule has 0 radical (unpaired) electrons. The zero-order chi connectivity index (χ0) is 16.8. The van der Waals surface area contributed by atoms with Crippen LogP contribution in [0.2, 0.25) is 0 Å². The Labute approximate surface area is 136 Å². The monoisotopic (exact) mass is 319 g/mol. The van der Waals surface area contributed by atoms with Crippen LogP contribution >= 0.6 is 0 Å². The fourth-order valence-corrected chi connectivity index (χ4v) is 2.48. The highest BCUT2D eigenvalue weighted by Gasteiger charge is 2.12. The fraction of sp³-hybridized carbons (Fsp3) is 0.368. The maximum Gasteiger partial charge on any atom is 0.167 e. The quantitative estimate of drug-likeness (QED) is 0.809. The van der Waals surface area contributed by atoms with E-state index in [2.05, 4.69) is 38.1 Å². The van der Waals surface area contributed by atoms with Crippen molar-refractivity contribution in [3.8, 4) is 5.75 Å². The largest absolute Gasteiger partial charge is 0.490 e. The fourth-order valence-electron chi connectivity index (χ4n) is 2.48. The first-order valence-electron chi connectivity index (χ1n) is 7.89. The molecule has 0 saturated carbocycles. The van der Waals surface area contributed by atoms with E-state index >= 15 is 0 Å². The molecule has 1 atom stereocenters. The van der Waals surface area contributed by atoms with Gasteiger partial charge in [0.1, 0.15) is 5.82 Å². The van der Waals surface area contributed by atoms with E-state index in [1.807, 2.05) is 0 Å². The van der Waals surface area contributed by atoms with E-state index in [9.17, 15) is 8.78 Å². The number of rotatable bonds is 7. The van der Waals surface area contributed by atoms with Gasteiger partial charge in [-0.15, -0.1) is 0 Å². The number of halogens is 2. The molecule has 124 valence electrons. The van der Waals surface area contributed by atoms with Crippen LogP contribution in [-0.4, -0.2) is 13.2 Å². The molecular formula is C19H23F2NO. The Morgan fingerprint density at radius 1 is 1.00 bits per heavy atom. The molecule has 0 aromatic heterocycles. The second-order valence-corrected chi connectivity index (χ2v) is 5.97. The van der Waals surface area contributed by atoms with Gasteiger partial charge in [0.25, 0.3) is 0 Å². The third-order valence-corrected chi connectivity index (χ3v) is 3.98. The third-order valence-electron chi connectivity index (χ3n) is 3.98. The molecule has 0 spiro atoms. The molecule has 2 rings (SSSR count). The predicted molar refractivity (Wildman–Crippen MR) is 88.8 cm³/mol. The average Bonchev–Trinajstić information content (AvgIpc) is 2.53. The van der Waals surface area contributed by atoms with Gasteiger partial charge in [-0.05, 0) is 48.1 Å². The first-order valence-corrected chi connectivity index (χ1v) is 7.89. The molecule has 2 aromatic rings. The maximum atomic E-state index is 13.5. The van der Waals surface area contributed by atoms with Gasteiger partial charge in [-0.2, -0.15) is 0 Å². The van der Waals surface area contributed by atoms with Crippen molar-refractivity contribution in [1.29, 1.82) is 0 Å². The summed E-state index contributed by atoms with van der Waals surface area (Å²) < 4.78 is 31.8. The summed E-state index contributed by atoms with van der Waals surface area (Å²) in [5.74, 6) is -0.585. The lowest BCUT2D eigenvalue weighted by Crippen LogP contribution is -2.16. The minimum atomic E-state index is -0.685. The van der Waals surface area contributed by atoms with Gasteiger partial charge in [-0.25, -0.2) is 8.78 Å². The van der Waals surface area contributed by atoms with Gasteiger partial charge < -0.3 is 10.5 Å². The van der Waals surface area contributed by atoms with Crippen LogP contribution in [0.3, 0.4) is 0 Å². The number of hydrogen-bond donors (Lipinski definition) is 1. The Bertz CT molecular complexity index is 626. The molecule has 0 aliphatic rings. The highest BCUT2D eigenvalue weighted by molar-refractivity contribution is 5.28. The van der Waals surface area contributed by atoms with Crippen LogP contribution in [0.4, 0.5) is 8.78 Å². The lowest BCUT2D eigenvalue weighted by Gasteiger charge is -2.17. The Balaban J connectivity index is 1.94. The van der Waals surface area contributed by atoms with E-state index in [1.165, 1.54) is 17.7 Å². The van der Waals surface area contributed by atoms with Crippen molar-refractivity contribution < 1.29 is 13.5 Å². The zero-order valence-corrected chi connectivity index (χ0v) is 13.6. The van der Waals surface area contributed by atoms with Crippen LogP contribution in [-0.2, 0) is 0 Å². The third kappa shape index (κ3) is 4.76. The van der Waals surface area contributed by atoms with Gasteiger partial charge in [0, 0.05) is 6.07 Å².